The third-order valence-corrected chi connectivity index (χ3v) is 5.00. The molecule has 0 fully saturated rings. The van der Waals surface area contributed by atoms with Crippen LogP contribution in [0, 0.1) is 0 Å². The molecule has 2 heterocycles. The van der Waals surface area contributed by atoms with Crippen molar-refractivity contribution in [2.24, 2.45) is 0 Å². The van der Waals surface area contributed by atoms with Crippen molar-refractivity contribution in [2.45, 2.75) is 19.4 Å². The van der Waals surface area contributed by atoms with Gasteiger partial charge in [-0.1, -0.05) is 23.7 Å². The summed E-state index contributed by atoms with van der Waals surface area (Å²) in [5.41, 5.74) is 0.255. The van der Waals surface area contributed by atoms with E-state index in [9.17, 15) is 14.4 Å². The minimum Gasteiger partial charge on any atom is -0.476 e. The van der Waals surface area contributed by atoms with Crippen LogP contribution in [-0.2, 0) is 4.79 Å². The lowest BCUT2D eigenvalue weighted by Gasteiger charge is -2.39. The molecule has 0 atom stereocenters. The molecule has 0 spiro atoms. The predicted octanol–water partition coefficient (Wildman–Crippen LogP) is 3.14. The van der Waals surface area contributed by atoms with Crippen LogP contribution in [0.3, 0.4) is 0 Å². The molecule has 0 aliphatic carbocycles. The summed E-state index contributed by atoms with van der Waals surface area (Å²) in [7, 11) is 0. The maximum Gasteiger partial charge on any atom is 0.270 e. The van der Waals surface area contributed by atoms with Crippen LogP contribution >= 0.6 is 11.6 Å². The maximum atomic E-state index is 12.9. The number of imide groups is 1. The van der Waals surface area contributed by atoms with E-state index in [0.29, 0.717) is 27.6 Å². The molecule has 0 aromatic heterocycles. The summed E-state index contributed by atoms with van der Waals surface area (Å²) in [4.78, 5) is 40.7. The number of halogens is 1. The topological polar surface area (TPSA) is 66.9 Å². The third-order valence-electron chi connectivity index (χ3n) is 4.76. The van der Waals surface area contributed by atoms with E-state index in [1.54, 1.807) is 56.3 Å². The Bertz CT molecular complexity index is 951. The lowest BCUT2D eigenvalue weighted by molar-refractivity contribution is -0.132. The molecule has 0 saturated heterocycles. The van der Waals surface area contributed by atoms with Gasteiger partial charge < -0.3 is 9.64 Å². The molecular weight excluding hydrogens is 368 g/mol. The molecule has 0 N–H and O–H groups in total. The molecule has 2 aliphatic heterocycles. The molecule has 6 nitrogen and oxygen atoms in total. The first kappa shape index (κ1) is 17.5. The second-order valence-corrected chi connectivity index (χ2v) is 7.43. The fourth-order valence-corrected chi connectivity index (χ4v) is 3.57. The van der Waals surface area contributed by atoms with Gasteiger partial charge >= 0.3 is 0 Å². The first-order valence-electron chi connectivity index (χ1n) is 8.55. The molecule has 4 rings (SSSR count). The number of rotatable bonds is 3. The zero-order valence-corrected chi connectivity index (χ0v) is 15.6. The highest BCUT2D eigenvalue weighted by molar-refractivity contribution is 6.31. The fourth-order valence-electron chi connectivity index (χ4n) is 3.40. The molecule has 27 heavy (non-hydrogen) atoms. The molecule has 2 aromatic rings. The van der Waals surface area contributed by atoms with Crippen LogP contribution in [0.5, 0.6) is 5.75 Å². The largest absolute Gasteiger partial charge is 0.476 e. The van der Waals surface area contributed by atoms with Crippen LogP contribution < -0.4 is 9.64 Å². The van der Waals surface area contributed by atoms with E-state index < -0.39 is 5.60 Å². The van der Waals surface area contributed by atoms with Crippen molar-refractivity contribution in [1.29, 1.82) is 0 Å². The van der Waals surface area contributed by atoms with Gasteiger partial charge in [0.25, 0.3) is 17.7 Å². The molecule has 0 saturated carbocycles. The average molecular weight is 385 g/mol. The van der Waals surface area contributed by atoms with Crippen LogP contribution in [0.1, 0.15) is 34.6 Å². The average Bonchev–Trinajstić information content (AvgIpc) is 2.88. The van der Waals surface area contributed by atoms with Gasteiger partial charge in [0.15, 0.2) is 5.60 Å². The van der Waals surface area contributed by atoms with Crippen LogP contribution in [0.2, 0.25) is 5.02 Å². The van der Waals surface area contributed by atoms with Gasteiger partial charge in [-0.25, -0.2) is 0 Å². The number of carbonyl (C=O) groups excluding carboxylic acids is 3. The molecule has 3 amide bonds. The second kappa shape index (κ2) is 6.09. The Balaban J connectivity index is 1.62. The lowest BCUT2D eigenvalue weighted by Crippen LogP contribution is -2.54. The molecule has 138 valence electrons. The van der Waals surface area contributed by atoms with Crippen LogP contribution in [0.15, 0.2) is 42.5 Å². The molecule has 2 aromatic carbocycles. The SMILES string of the molecule is CC1(C)Oc2ccc(Cl)cc2N(CCN2C(=O)c3ccccc3C2=O)C1=O. The summed E-state index contributed by atoms with van der Waals surface area (Å²) in [5.74, 6) is -0.413. The predicted molar refractivity (Wildman–Crippen MR) is 100 cm³/mol. The van der Waals surface area contributed by atoms with Crippen LogP contribution in [0.4, 0.5) is 5.69 Å². The smallest absolute Gasteiger partial charge is 0.270 e. The summed E-state index contributed by atoms with van der Waals surface area (Å²) < 4.78 is 5.78. The number of ether oxygens (including phenoxy) is 1. The van der Waals surface area contributed by atoms with E-state index in [-0.39, 0.29) is 30.8 Å². The van der Waals surface area contributed by atoms with Crippen molar-refractivity contribution < 1.29 is 19.1 Å². The molecule has 2 aliphatic rings. The van der Waals surface area contributed by atoms with Crippen molar-refractivity contribution >= 4 is 35.0 Å². The Labute approximate surface area is 161 Å². The minimum atomic E-state index is -1.05. The van der Waals surface area contributed by atoms with Gasteiger partial charge in [-0.15, -0.1) is 0 Å². The van der Waals surface area contributed by atoms with E-state index in [2.05, 4.69) is 0 Å². The number of nitrogens with zero attached hydrogens (tertiary/aromatic N) is 2. The Morgan fingerprint density at radius 3 is 2.15 bits per heavy atom. The fraction of sp³-hybridized carbons (Fsp3) is 0.250. The van der Waals surface area contributed by atoms with Gasteiger partial charge in [0, 0.05) is 18.1 Å². The van der Waals surface area contributed by atoms with Gasteiger partial charge in [0.05, 0.1) is 16.8 Å². The Kier molecular flexibility index (Phi) is 3.96. The van der Waals surface area contributed by atoms with Gasteiger partial charge in [-0.3, -0.25) is 19.3 Å². The van der Waals surface area contributed by atoms with Gasteiger partial charge in [0.1, 0.15) is 5.75 Å². The van der Waals surface area contributed by atoms with Crippen molar-refractivity contribution in [1.82, 2.24) is 4.90 Å². The highest BCUT2D eigenvalue weighted by atomic mass is 35.5. The zero-order chi connectivity index (χ0) is 19.3. The first-order chi connectivity index (χ1) is 12.8. The van der Waals surface area contributed by atoms with E-state index >= 15 is 0 Å². The number of hydrogen-bond donors (Lipinski definition) is 0. The Hall–Kier alpha value is -2.86. The minimum absolute atomic E-state index is 0.0835. The normalized spacial score (nSPS) is 17.7. The third kappa shape index (κ3) is 2.77. The number of anilines is 1. The molecule has 7 heteroatoms. The molecule has 0 radical (unpaired) electrons. The Morgan fingerprint density at radius 2 is 1.52 bits per heavy atom. The zero-order valence-electron chi connectivity index (χ0n) is 14.9. The number of amides is 3. The summed E-state index contributed by atoms with van der Waals surface area (Å²) in [6, 6.07) is 11.8. The van der Waals surface area contributed by atoms with Crippen LogP contribution in [0.25, 0.3) is 0 Å². The number of benzene rings is 2. The van der Waals surface area contributed by atoms with Crippen molar-refractivity contribution in [3.05, 3.63) is 58.6 Å². The number of hydrogen-bond acceptors (Lipinski definition) is 4. The molecule has 0 unspecified atom stereocenters. The second-order valence-electron chi connectivity index (χ2n) is 6.99. The molecular formula is C20H17ClN2O4. The van der Waals surface area contributed by atoms with E-state index in [1.807, 2.05) is 0 Å². The standard InChI is InChI=1S/C20H17ClN2O4/c1-20(2)19(26)22(15-11-12(21)7-8-16(15)27-20)9-10-23-17(24)13-5-3-4-6-14(13)18(23)25/h3-8,11H,9-10H2,1-2H3. The highest BCUT2D eigenvalue weighted by Gasteiger charge is 2.42. The summed E-state index contributed by atoms with van der Waals surface area (Å²) in [6.45, 7) is 3.61. The summed E-state index contributed by atoms with van der Waals surface area (Å²) in [6.07, 6.45) is 0. The Morgan fingerprint density at radius 1 is 0.926 bits per heavy atom. The summed E-state index contributed by atoms with van der Waals surface area (Å²) in [5, 5.41) is 0.468. The van der Waals surface area contributed by atoms with E-state index in [0.717, 1.165) is 0 Å². The first-order valence-corrected chi connectivity index (χ1v) is 8.93. The van der Waals surface area contributed by atoms with E-state index in [1.165, 1.54) is 9.80 Å². The maximum absolute atomic E-state index is 12.9. The van der Waals surface area contributed by atoms with Crippen molar-refractivity contribution in [2.75, 3.05) is 18.0 Å². The number of fused-ring (bicyclic) bond motifs is 2. The van der Waals surface area contributed by atoms with Crippen molar-refractivity contribution in [3.8, 4) is 5.75 Å². The number of carbonyl (C=O) groups is 3. The van der Waals surface area contributed by atoms with Gasteiger partial charge in [-0.2, -0.15) is 0 Å². The lowest BCUT2D eigenvalue weighted by atomic mass is 10.0. The monoisotopic (exact) mass is 384 g/mol. The quantitative estimate of drug-likeness (QED) is 0.762. The van der Waals surface area contributed by atoms with Gasteiger partial charge in [0.2, 0.25) is 0 Å². The van der Waals surface area contributed by atoms with Crippen LogP contribution in [-0.4, -0.2) is 41.3 Å². The van der Waals surface area contributed by atoms with E-state index in [4.69, 9.17) is 16.3 Å². The highest BCUT2D eigenvalue weighted by Crippen LogP contribution is 2.39. The summed E-state index contributed by atoms with van der Waals surface area (Å²) >= 11 is 6.08. The van der Waals surface area contributed by atoms with Crippen molar-refractivity contribution in [3.63, 3.8) is 0 Å². The molecule has 0 bridgehead atoms. The van der Waals surface area contributed by atoms with Gasteiger partial charge in [-0.05, 0) is 44.2 Å².